The molecule has 0 aromatic heterocycles. The predicted molar refractivity (Wildman–Crippen MR) is 85.4 cm³/mol. The van der Waals surface area contributed by atoms with E-state index in [1.54, 1.807) is 18.2 Å². The Bertz CT molecular complexity index is 479. The lowest BCUT2D eigenvalue weighted by Crippen LogP contribution is -2.28. The van der Waals surface area contributed by atoms with Gasteiger partial charge in [0, 0.05) is 11.3 Å². The number of thioether (sulfide) groups is 1. The molecular weight excluding hydrogens is 272 g/mol. The second kappa shape index (κ2) is 6.88. The Hall–Kier alpha value is -1.36. The lowest BCUT2D eigenvalue weighted by atomic mass is 9.94. The summed E-state index contributed by atoms with van der Waals surface area (Å²) in [5.74, 6) is -0.335. The van der Waals surface area contributed by atoms with E-state index < -0.39 is 0 Å². The van der Waals surface area contributed by atoms with Crippen LogP contribution in [0.15, 0.2) is 18.2 Å². The van der Waals surface area contributed by atoms with Crippen molar-refractivity contribution in [2.75, 3.05) is 24.4 Å². The molecule has 2 unspecified atom stereocenters. The molecule has 1 aliphatic rings. The molecule has 2 rings (SSSR count). The molecule has 1 saturated carbocycles. The van der Waals surface area contributed by atoms with Crippen molar-refractivity contribution in [2.45, 2.75) is 37.0 Å². The molecule has 5 heteroatoms. The molecular formula is C15H22N2O2S. The molecule has 0 aliphatic heterocycles. The highest BCUT2D eigenvalue weighted by Crippen LogP contribution is 2.30. The van der Waals surface area contributed by atoms with Crippen molar-refractivity contribution in [2.24, 2.45) is 0 Å². The highest BCUT2D eigenvalue weighted by molar-refractivity contribution is 7.99. The topological polar surface area (TPSA) is 64.3 Å². The molecule has 1 aliphatic carbocycles. The van der Waals surface area contributed by atoms with Crippen molar-refractivity contribution in [3.8, 4) is 0 Å². The van der Waals surface area contributed by atoms with Gasteiger partial charge in [0.25, 0.3) is 0 Å². The van der Waals surface area contributed by atoms with Crippen LogP contribution in [-0.4, -0.2) is 30.6 Å². The van der Waals surface area contributed by atoms with E-state index in [0.29, 0.717) is 22.5 Å². The second-order valence-corrected chi connectivity index (χ2v) is 6.30. The smallest absolute Gasteiger partial charge is 0.337 e. The number of carbonyl (C=O) groups excluding carboxylic acids is 1. The number of benzene rings is 1. The summed E-state index contributed by atoms with van der Waals surface area (Å²) in [6.07, 6.45) is 6.98. The number of nitrogen functional groups attached to an aromatic ring is 1. The van der Waals surface area contributed by atoms with Crippen LogP contribution in [0.2, 0.25) is 0 Å². The standard InChI is InChI=1S/C15H22N2O2S/c1-19-15(18)10-6-7-13(16)14(8-10)17-11-4-3-5-12(9-11)20-2/h6-8,11-12,17H,3-5,9,16H2,1-2H3. The quantitative estimate of drug-likeness (QED) is 0.660. The van der Waals surface area contributed by atoms with Crippen molar-refractivity contribution in [3.05, 3.63) is 23.8 Å². The Morgan fingerprint density at radius 1 is 1.45 bits per heavy atom. The summed E-state index contributed by atoms with van der Waals surface area (Å²) in [6.45, 7) is 0. The third-order valence-corrected chi connectivity index (χ3v) is 4.89. The monoisotopic (exact) mass is 294 g/mol. The van der Waals surface area contributed by atoms with Crippen molar-refractivity contribution in [1.29, 1.82) is 0 Å². The Morgan fingerprint density at radius 2 is 2.25 bits per heavy atom. The van der Waals surface area contributed by atoms with E-state index in [1.807, 2.05) is 11.8 Å². The van der Waals surface area contributed by atoms with Gasteiger partial charge in [-0.3, -0.25) is 0 Å². The van der Waals surface area contributed by atoms with E-state index in [1.165, 1.54) is 20.0 Å². The normalized spacial score (nSPS) is 22.3. The van der Waals surface area contributed by atoms with Crippen LogP contribution in [0.1, 0.15) is 36.0 Å². The van der Waals surface area contributed by atoms with Gasteiger partial charge in [-0.25, -0.2) is 4.79 Å². The SMILES string of the molecule is COC(=O)c1ccc(N)c(NC2CCCC(SC)C2)c1. The number of carbonyl (C=O) groups is 1. The largest absolute Gasteiger partial charge is 0.465 e. The van der Waals surface area contributed by atoms with Crippen LogP contribution in [0.4, 0.5) is 11.4 Å². The van der Waals surface area contributed by atoms with Crippen LogP contribution in [0.25, 0.3) is 0 Å². The van der Waals surface area contributed by atoms with E-state index >= 15 is 0 Å². The summed E-state index contributed by atoms with van der Waals surface area (Å²) in [5.41, 5.74) is 8.03. The fraction of sp³-hybridized carbons (Fsp3) is 0.533. The molecule has 20 heavy (non-hydrogen) atoms. The highest BCUT2D eigenvalue weighted by atomic mass is 32.2. The molecule has 0 heterocycles. The molecule has 110 valence electrons. The summed E-state index contributed by atoms with van der Waals surface area (Å²) < 4.78 is 4.74. The Morgan fingerprint density at radius 3 is 2.95 bits per heavy atom. The zero-order chi connectivity index (χ0) is 14.5. The summed E-state index contributed by atoms with van der Waals surface area (Å²) in [6, 6.07) is 5.65. The van der Waals surface area contributed by atoms with E-state index in [2.05, 4.69) is 11.6 Å². The van der Waals surface area contributed by atoms with Gasteiger partial charge >= 0.3 is 5.97 Å². The molecule has 0 spiro atoms. The zero-order valence-corrected chi connectivity index (χ0v) is 12.8. The maximum Gasteiger partial charge on any atom is 0.337 e. The molecule has 0 saturated heterocycles. The second-order valence-electron chi connectivity index (χ2n) is 5.16. The van der Waals surface area contributed by atoms with E-state index in [-0.39, 0.29) is 5.97 Å². The summed E-state index contributed by atoms with van der Waals surface area (Å²) in [7, 11) is 1.38. The number of anilines is 2. The first kappa shape index (κ1) is 15.0. The molecule has 1 fully saturated rings. The highest BCUT2D eigenvalue weighted by Gasteiger charge is 2.21. The van der Waals surface area contributed by atoms with Crippen molar-refractivity contribution < 1.29 is 9.53 Å². The Balaban J connectivity index is 2.10. The van der Waals surface area contributed by atoms with Gasteiger partial charge in [-0.1, -0.05) is 6.42 Å². The summed E-state index contributed by atoms with van der Waals surface area (Å²) >= 11 is 1.93. The number of ether oxygens (including phenoxy) is 1. The van der Waals surface area contributed by atoms with Crippen LogP contribution in [0.3, 0.4) is 0 Å². The lowest BCUT2D eigenvalue weighted by Gasteiger charge is -2.29. The number of rotatable bonds is 4. The van der Waals surface area contributed by atoms with Crippen molar-refractivity contribution in [3.63, 3.8) is 0 Å². The van der Waals surface area contributed by atoms with Crippen molar-refractivity contribution in [1.82, 2.24) is 0 Å². The number of hydrogen-bond donors (Lipinski definition) is 2. The zero-order valence-electron chi connectivity index (χ0n) is 12.0. The Kier molecular flexibility index (Phi) is 5.17. The summed E-state index contributed by atoms with van der Waals surface area (Å²) in [5, 5.41) is 4.20. The van der Waals surface area contributed by atoms with Gasteiger partial charge in [-0.2, -0.15) is 11.8 Å². The van der Waals surface area contributed by atoms with Crippen LogP contribution in [0, 0.1) is 0 Å². The number of esters is 1. The van der Waals surface area contributed by atoms with E-state index in [9.17, 15) is 4.79 Å². The molecule has 0 radical (unpaired) electrons. The minimum Gasteiger partial charge on any atom is -0.465 e. The van der Waals surface area contributed by atoms with E-state index in [4.69, 9.17) is 10.5 Å². The molecule has 4 nitrogen and oxygen atoms in total. The minimum atomic E-state index is -0.335. The average Bonchev–Trinajstić information content (AvgIpc) is 2.49. The van der Waals surface area contributed by atoms with Crippen LogP contribution in [0.5, 0.6) is 0 Å². The minimum absolute atomic E-state index is 0.335. The van der Waals surface area contributed by atoms with Crippen molar-refractivity contribution >= 4 is 29.1 Å². The first-order chi connectivity index (χ1) is 9.63. The number of nitrogens with two attached hydrogens (primary N) is 1. The molecule has 0 bridgehead atoms. The van der Waals surface area contributed by atoms with Gasteiger partial charge in [-0.05, 0) is 43.7 Å². The average molecular weight is 294 g/mol. The van der Waals surface area contributed by atoms with Crippen LogP contribution < -0.4 is 11.1 Å². The maximum atomic E-state index is 11.6. The first-order valence-corrected chi connectivity index (χ1v) is 8.20. The molecule has 2 atom stereocenters. The first-order valence-electron chi connectivity index (χ1n) is 6.91. The molecule has 1 aromatic carbocycles. The van der Waals surface area contributed by atoms with Gasteiger partial charge in [0.1, 0.15) is 0 Å². The third-order valence-electron chi connectivity index (χ3n) is 3.79. The van der Waals surface area contributed by atoms with Gasteiger partial charge in [-0.15, -0.1) is 0 Å². The van der Waals surface area contributed by atoms with E-state index in [0.717, 1.165) is 18.5 Å². The van der Waals surface area contributed by atoms with Gasteiger partial charge in [0.05, 0.1) is 24.0 Å². The fourth-order valence-corrected chi connectivity index (χ4v) is 3.46. The number of hydrogen-bond acceptors (Lipinski definition) is 5. The third kappa shape index (κ3) is 3.60. The molecule has 1 aromatic rings. The fourth-order valence-electron chi connectivity index (χ4n) is 2.64. The molecule has 0 amide bonds. The lowest BCUT2D eigenvalue weighted by molar-refractivity contribution is 0.0601. The van der Waals surface area contributed by atoms with Gasteiger partial charge in [0.15, 0.2) is 0 Å². The number of nitrogens with one attached hydrogen (secondary N) is 1. The van der Waals surface area contributed by atoms with Crippen LogP contribution >= 0.6 is 11.8 Å². The maximum absolute atomic E-state index is 11.6. The van der Waals surface area contributed by atoms with Crippen LogP contribution in [-0.2, 0) is 4.74 Å². The van der Waals surface area contributed by atoms with Gasteiger partial charge in [0.2, 0.25) is 0 Å². The number of methoxy groups -OCH3 is 1. The molecule has 3 N–H and O–H groups in total. The summed E-state index contributed by atoms with van der Waals surface area (Å²) in [4.78, 5) is 11.6. The van der Waals surface area contributed by atoms with Gasteiger partial charge < -0.3 is 15.8 Å². The predicted octanol–water partition coefficient (Wildman–Crippen LogP) is 3.14. The Labute approximate surface area is 124 Å².